The molecular formula is C14H21ClN2OS. The molecule has 1 aliphatic heterocycles. The maximum absolute atomic E-state index is 12.6. The van der Waals surface area contributed by atoms with Gasteiger partial charge in [0.1, 0.15) is 0 Å². The number of nitrogens with one attached hydrogen (secondary N) is 1. The summed E-state index contributed by atoms with van der Waals surface area (Å²) in [5, 5.41) is 5.40. The lowest BCUT2D eigenvalue weighted by atomic mass is 9.95. The van der Waals surface area contributed by atoms with E-state index in [1.54, 1.807) is 11.3 Å². The van der Waals surface area contributed by atoms with Crippen LogP contribution in [0.5, 0.6) is 0 Å². The van der Waals surface area contributed by atoms with Crippen molar-refractivity contribution < 1.29 is 4.79 Å². The lowest BCUT2D eigenvalue weighted by Crippen LogP contribution is -2.38. The Morgan fingerprint density at radius 1 is 1.42 bits per heavy atom. The van der Waals surface area contributed by atoms with Crippen molar-refractivity contribution in [2.75, 3.05) is 20.1 Å². The van der Waals surface area contributed by atoms with Gasteiger partial charge in [0.15, 0.2) is 0 Å². The van der Waals surface area contributed by atoms with Crippen LogP contribution in [0.1, 0.15) is 40.1 Å². The molecule has 0 spiro atoms. The van der Waals surface area contributed by atoms with E-state index in [2.05, 4.69) is 10.7 Å². The Morgan fingerprint density at radius 3 is 2.95 bits per heavy atom. The summed E-state index contributed by atoms with van der Waals surface area (Å²) in [6.45, 7) is 1.97. The van der Waals surface area contributed by atoms with E-state index >= 15 is 0 Å². The molecule has 1 saturated heterocycles. The first kappa shape index (κ1) is 14.8. The van der Waals surface area contributed by atoms with Crippen LogP contribution in [0.15, 0.2) is 5.38 Å². The SMILES string of the molecule is CN(C(=O)c1csc2c1CCCC2)C1CCNC1.Cl. The minimum absolute atomic E-state index is 0. The van der Waals surface area contributed by atoms with Gasteiger partial charge in [0, 0.05) is 29.9 Å². The molecule has 1 atom stereocenters. The van der Waals surface area contributed by atoms with Gasteiger partial charge in [-0.2, -0.15) is 0 Å². The van der Waals surface area contributed by atoms with E-state index in [1.807, 2.05) is 11.9 Å². The van der Waals surface area contributed by atoms with Crippen LogP contribution in [0.25, 0.3) is 0 Å². The number of hydrogen-bond donors (Lipinski definition) is 1. The van der Waals surface area contributed by atoms with E-state index in [1.165, 1.54) is 29.7 Å². The van der Waals surface area contributed by atoms with Crippen LogP contribution in [-0.2, 0) is 12.8 Å². The molecular weight excluding hydrogens is 280 g/mol. The third-order valence-corrected chi connectivity index (χ3v) is 5.28. The van der Waals surface area contributed by atoms with Gasteiger partial charge in [0.2, 0.25) is 0 Å². The molecule has 0 bridgehead atoms. The predicted molar refractivity (Wildman–Crippen MR) is 81.6 cm³/mol. The van der Waals surface area contributed by atoms with Crippen LogP contribution in [-0.4, -0.2) is 37.0 Å². The predicted octanol–water partition coefficient (Wildman–Crippen LogP) is 2.48. The third-order valence-electron chi connectivity index (χ3n) is 4.19. The van der Waals surface area contributed by atoms with Crippen LogP contribution in [0.4, 0.5) is 0 Å². The molecule has 2 heterocycles. The fourth-order valence-electron chi connectivity index (χ4n) is 3.00. The zero-order valence-electron chi connectivity index (χ0n) is 11.3. The second-order valence-electron chi connectivity index (χ2n) is 5.32. The van der Waals surface area contributed by atoms with E-state index in [9.17, 15) is 4.79 Å². The second kappa shape index (κ2) is 6.25. The van der Waals surface area contributed by atoms with Crippen LogP contribution >= 0.6 is 23.7 Å². The molecule has 0 aromatic carbocycles. The molecule has 106 valence electrons. The highest BCUT2D eigenvalue weighted by Gasteiger charge is 2.27. The maximum Gasteiger partial charge on any atom is 0.255 e. The fourth-order valence-corrected chi connectivity index (χ4v) is 4.12. The van der Waals surface area contributed by atoms with Crippen LogP contribution in [0.2, 0.25) is 0 Å². The van der Waals surface area contributed by atoms with Gasteiger partial charge in [-0.05, 0) is 44.2 Å². The summed E-state index contributed by atoms with van der Waals surface area (Å²) in [5.74, 6) is 0.225. The number of aryl methyl sites for hydroxylation is 1. The van der Waals surface area contributed by atoms with E-state index in [-0.39, 0.29) is 18.3 Å². The van der Waals surface area contributed by atoms with E-state index in [4.69, 9.17) is 0 Å². The number of thiophene rings is 1. The Balaban J connectivity index is 0.00000133. The molecule has 1 fully saturated rings. The first-order valence-electron chi connectivity index (χ1n) is 6.84. The summed E-state index contributed by atoms with van der Waals surface area (Å²) in [5.41, 5.74) is 2.32. The number of fused-ring (bicyclic) bond motifs is 1. The van der Waals surface area contributed by atoms with Crippen molar-refractivity contribution in [3.8, 4) is 0 Å². The van der Waals surface area contributed by atoms with E-state index < -0.39 is 0 Å². The number of rotatable bonds is 2. The molecule has 19 heavy (non-hydrogen) atoms. The van der Waals surface area contributed by atoms with Gasteiger partial charge in [-0.25, -0.2) is 0 Å². The minimum atomic E-state index is 0. The molecule has 1 aromatic rings. The minimum Gasteiger partial charge on any atom is -0.337 e. The van der Waals surface area contributed by atoms with Gasteiger partial charge in [-0.3, -0.25) is 4.79 Å². The van der Waals surface area contributed by atoms with Crippen molar-refractivity contribution in [1.82, 2.24) is 10.2 Å². The summed E-state index contributed by atoms with van der Waals surface area (Å²) in [6.07, 6.45) is 5.86. The first-order valence-corrected chi connectivity index (χ1v) is 7.72. The van der Waals surface area contributed by atoms with Gasteiger partial charge in [-0.15, -0.1) is 23.7 Å². The Bertz CT molecular complexity index is 454. The van der Waals surface area contributed by atoms with Gasteiger partial charge < -0.3 is 10.2 Å². The molecule has 1 unspecified atom stereocenters. The molecule has 0 saturated carbocycles. The Hall–Kier alpha value is -0.580. The zero-order valence-corrected chi connectivity index (χ0v) is 12.9. The van der Waals surface area contributed by atoms with Crippen LogP contribution in [0, 0.1) is 0 Å². The zero-order chi connectivity index (χ0) is 12.5. The summed E-state index contributed by atoms with van der Waals surface area (Å²) in [4.78, 5) is 16.0. The Kier molecular flexibility index (Phi) is 4.87. The summed E-state index contributed by atoms with van der Waals surface area (Å²) >= 11 is 1.78. The quantitative estimate of drug-likeness (QED) is 0.910. The number of nitrogens with zero attached hydrogens (tertiary/aromatic N) is 1. The van der Waals surface area contributed by atoms with E-state index in [0.717, 1.165) is 31.5 Å². The standard InChI is InChI=1S/C14H20N2OS.ClH/c1-16(10-6-7-15-8-10)14(17)12-9-18-13-5-3-2-4-11(12)13;/h9-10,15H,2-8H2,1H3;1H. The molecule has 1 aromatic heterocycles. The highest BCUT2D eigenvalue weighted by atomic mass is 35.5. The third kappa shape index (κ3) is 2.81. The average Bonchev–Trinajstić information content (AvgIpc) is 3.06. The summed E-state index contributed by atoms with van der Waals surface area (Å²) < 4.78 is 0. The Morgan fingerprint density at radius 2 is 2.21 bits per heavy atom. The smallest absolute Gasteiger partial charge is 0.255 e. The molecule has 1 N–H and O–H groups in total. The first-order chi connectivity index (χ1) is 8.77. The molecule has 3 rings (SSSR count). The largest absolute Gasteiger partial charge is 0.337 e. The normalized spacial score (nSPS) is 21.6. The molecule has 1 amide bonds. The van der Waals surface area contributed by atoms with Crippen molar-refractivity contribution in [3.63, 3.8) is 0 Å². The van der Waals surface area contributed by atoms with Gasteiger partial charge >= 0.3 is 0 Å². The lowest BCUT2D eigenvalue weighted by Gasteiger charge is -2.24. The van der Waals surface area contributed by atoms with Crippen molar-refractivity contribution >= 4 is 29.7 Å². The number of carbonyl (C=O) groups is 1. The van der Waals surface area contributed by atoms with Crippen molar-refractivity contribution in [2.45, 2.75) is 38.1 Å². The van der Waals surface area contributed by atoms with E-state index in [0.29, 0.717) is 6.04 Å². The number of halogens is 1. The van der Waals surface area contributed by atoms with Gasteiger partial charge in [0.05, 0.1) is 5.56 Å². The van der Waals surface area contributed by atoms with Gasteiger partial charge in [-0.1, -0.05) is 0 Å². The molecule has 0 radical (unpaired) electrons. The highest BCUT2D eigenvalue weighted by Crippen LogP contribution is 2.31. The second-order valence-corrected chi connectivity index (χ2v) is 6.29. The molecule has 3 nitrogen and oxygen atoms in total. The average molecular weight is 301 g/mol. The number of carbonyl (C=O) groups excluding carboxylic acids is 1. The van der Waals surface area contributed by atoms with Crippen LogP contribution < -0.4 is 5.32 Å². The maximum atomic E-state index is 12.6. The Labute approximate surface area is 124 Å². The van der Waals surface area contributed by atoms with Crippen molar-refractivity contribution in [3.05, 3.63) is 21.4 Å². The lowest BCUT2D eigenvalue weighted by molar-refractivity contribution is 0.0743. The fraction of sp³-hybridized carbons (Fsp3) is 0.643. The molecule has 5 heteroatoms. The number of hydrogen-bond acceptors (Lipinski definition) is 3. The van der Waals surface area contributed by atoms with Crippen molar-refractivity contribution in [1.29, 1.82) is 0 Å². The number of amides is 1. The monoisotopic (exact) mass is 300 g/mol. The van der Waals surface area contributed by atoms with Crippen molar-refractivity contribution in [2.24, 2.45) is 0 Å². The van der Waals surface area contributed by atoms with Gasteiger partial charge in [0.25, 0.3) is 5.91 Å². The molecule has 2 aliphatic rings. The number of likely N-dealkylation sites (N-methyl/N-ethyl adjacent to an activating group) is 1. The molecule has 1 aliphatic carbocycles. The summed E-state index contributed by atoms with van der Waals surface area (Å²) in [6, 6.07) is 0.372. The van der Waals surface area contributed by atoms with Crippen LogP contribution in [0.3, 0.4) is 0 Å². The summed E-state index contributed by atoms with van der Waals surface area (Å²) in [7, 11) is 1.95. The topological polar surface area (TPSA) is 32.3 Å². The highest BCUT2D eigenvalue weighted by molar-refractivity contribution is 7.10.